The predicted octanol–water partition coefficient (Wildman–Crippen LogP) is 13.9. The van der Waals surface area contributed by atoms with Crippen molar-refractivity contribution >= 4 is 0 Å². The van der Waals surface area contributed by atoms with Gasteiger partial charge >= 0.3 is 0 Å². The lowest BCUT2D eigenvalue weighted by Crippen LogP contribution is -2.50. The second-order valence-corrected chi connectivity index (χ2v) is 22.3. The van der Waals surface area contributed by atoms with Crippen molar-refractivity contribution in [1.82, 2.24) is 9.80 Å². The van der Waals surface area contributed by atoms with Gasteiger partial charge in [0.05, 0.1) is 0 Å². The monoisotopic (exact) mass is 789 g/mol. The van der Waals surface area contributed by atoms with Gasteiger partial charge < -0.3 is 9.80 Å². The highest BCUT2D eigenvalue weighted by atomic mass is 15.2. The lowest BCUT2D eigenvalue weighted by molar-refractivity contribution is 0.0351. The second kappa shape index (κ2) is 15.9. The number of fused-ring (bicyclic) bond motifs is 13. The van der Waals surface area contributed by atoms with E-state index >= 15 is 0 Å². The smallest absolute Gasteiger partial charge is 0.0479 e. The number of nitrogens with zero attached hydrogens (tertiary/aromatic N) is 2. The quantitative estimate of drug-likeness (QED) is 0.247. The Morgan fingerprint density at radius 1 is 0.492 bits per heavy atom. The molecule has 0 heterocycles. The highest BCUT2D eigenvalue weighted by Crippen LogP contribution is 2.75. The fourth-order valence-electron chi connectivity index (χ4n) is 18.0. The van der Waals surface area contributed by atoms with Crippen LogP contribution in [0.2, 0.25) is 0 Å². The summed E-state index contributed by atoms with van der Waals surface area (Å²) in [6.07, 6.45) is 73.3. The van der Waals surface area contributed by atoms with Crippen LogP contribution in [0.4, 0.5) is 0 Å². The van der Waals surface area contributed by atoms with Gasteiger partial charge in [-0.15, -0.1) is 0 Å². The Labute approximate surface area is 358 Å². The van der Waals surface area contributed by atoms with Crippen LogP contribution in [0.5, 0.6) is 0 Å². The maximum absolute atomic E-state index is 3.14. The van der Waals surface area contributed by atoms with Crippen molar-refractivity contribution in [3.05, 3.63) is 109 Å². The van der Waals surface area contributed by atoms with Crippen LogP contribution >= 0.6 is 0 Å². The molecule has 0 aromatic heterocycles. The Morgan fingerprint density at radius 2 is 1.31 bits per heavy atom. The third-order valence-corrected chi connectivity index (χ3v) is 20.0. The van der Waals surface area contributed by atoms with Crippen LogP contribution in [-0.4, -0.2) is 34.0 Å². The molecule has 12 rings (SSSR count). The second-order valence-electron chi connectivity index (χ2n) is 22.3. The molecule has 0 radical (unpaired) electrons. The normalized spacial score (nSPS) is 46.7. The van der Waals surface area contributed by atoms with Gasteiger partial charge in [-0.2, -0.15) is 0 Å². The van der Waals surface area contributed by atoms with E-state index in [-0.39, 0.29) is 5.41 Å². The number of rotatable bonds is 6. The SMILES string of the molecule is C1=CC2C3CCC(N(C4CC=CCC4)C4CCCCC4)=CC3C3(C2C=C1)C1C=CC=CC1C1C(N(C2C=CC4C(CCC5CCCCC54)C2)[C@H]2C=CCCC2)=CCCC13. The van der Waals surface area contributed by atoms with Gasteiger partial charge in [-0.05, 0) is 173 Å². The minimum absolute atomic E-state index is 0.268. The van der Waals surface area contributed by atoms with Crippen LogP contribution < -0.4 is 0 Å². The molecule has 0 aromatic carbocycles. The number of allylic oxidation sites excluding steroid dienone is 15. The van der Waals surface area contributed by atoms with E-state index in [1.165, 1.54) is 141 Å². The van der Waals surface area contributed by atoms with E-state index in [1.807, 2.05) is 0 Å². The first kappa shape index (κ1) is 38.0. The third kappa shape index (κ3) is 6.18. The molecule has 2 heteroatoms. The van der Waals surface area contributed by atoms with Gasteiger partial charge in [0.2, 0.25) is 0 Å². The van der Waals surface area contributed by atoms with E-state index in [1.54, 1.807) is 11.4 Å². The summed E-state index contributed by atoms with van der Waals surface area (Å²) in [5.74, 6) is 8.98. The van der Waals surface area contributed by atoms with E-state index in [0.717, 1.165) is 35.6 Å². The summed E-state index contributed by atoms with van der Waals surface area (Å²) in [5, 5.41) is 0. The Bertz CT molecular complexity index is 1840. The fraction of sp³-hybridized carbons (Fsp3) is 0.684. The first-order valence-electron chi connectivity index (χ1n) is 26.0. The lowest BCUT2D eigenvalue weighted by Gasteiger charge is -2.53. The van der Waals surface area contributed by atoms with E-state index in [2.05, 4.69) is 107 Å². The van der Waals surface area contributed by atoms with Crippen molar-refractivity contribution in [2.24, 2.45) is 76.4 Å². The van der Waals surface area contributed by atoms with Gasteiger partial charge in [0.25, 0.3) is 0 Å². The van der Waals surface area contributed by atoms with Gasteiger partial charge in [-0.25, -0.2) is 0 Å². The van der Waals surface area contributed by atoms with Gasteiger partial charge in [0.1, 0.15) is 0 Å². The van der Waals surface area contributed by atoms with E-state index in [0.29, 0.717) is 59.6 Å². The van der Waals surface area contributed by atoms with Crippen molar-refractivity contribution in [3.8, 4) is 0 Å². The van der Waals surface area contributed by atoms with Crippen LogP contribution in [0, 0.1) is 76.4 Å². The average Bonchev–Trinajstić information content (AvgIpc) is 3.78. The van der Waals surface area contributed by atoms with Gasteiger partial charge in [-0.3, -0.25) is 0 Å². The van der Waals surface area contributed by atoms with Gasteiger partial charge in [0.15, 0.2) is 0 Å². The van der Waals surface area contributed by atoms with Crippen molar-refractivity contribution in [1.29, 1.82) is 0 Å². The van der Waals surface area contributed by atoms with Crippen molar-refractivity contribution in [3.63, 3.8) is 0 Å². The average molecular weight is 789 g/mol. The zero-order valence-electron chi connectivity index (χ0n) is 36.4. The van der Waals surface area contributed by atoms with Crippen molar-refractivity contribution < 1.29 is 0 Å². The first-order valence-corrected chi connectivity index (χ1v) is 26.0. The maximum Gasteiger partial charge on any atom is 0.0479 e. The zero-order chi connectivity index (χ0) is 38.9. The Kier molecular flexibility index (Phi) is 10.2. The van der Waals surface area contributed by atoms with Crippen LogP contribution in [0.15, 0.2) is 109 Å². The lowest BCUT2D eigenvalue weighted by atomic mass is 9.55. The molecular weight excluding hydrogens is 713 g/mol. The van der Waals surface area contributed by atoms with Crippen molar-refractivity contribution in [2.45, 2.75) is 165 Å². The highest BCUT2D eigenvalue weighted by molar-refractivity contribution is 5.40. The Hall–Kier alpha value is -2.74. The standard InChI is InChI=1S/C57H76N2/c1-4-18-41(19-5-1)58(42-20-6-2-7-21-42)45-34-36-49-48-25-12-14-27-51(48)57(54(49)38-45)52-28-15-13-26-50(52)56-53(57)29-16-30-55(56)59(43-22-8-3-9-23-43)44-33-35-47-40(37-44)32-31-39-17-10-11-24-46(39)47/h1,4,8,12-15,22,25-28,30,33,35,38-44,46-54,56H,2-3,5-7,9-11,16-21,23-24,29,31-32,34,36-37H2/t39?,40?,41?,43-,44?,46?,47?,48?,49?,50?,51?,52?,53?,54?,56?,57?/m0/s1. The summed E-state index contributed by atoms with van der Waals surface area (Å²) < 4.78 is 0. The highest BCUT2D eigenvalue weighted by Gasteiger charge is 2.71. The largest absolute Gasteiger partial charge is 0.369 e. The minimum Gasteiger partial charge on any atom is -0.369 e. The Balaban J connectivity index is 0.952. The summed E-state index contributed by atoms with van der Waals surface area (Å²) >= 11 is 0. The molecule has 0 saturated heterocycles. The van der Waals surface area contributed by atoms with E-state index in [4.69, 9.17) is 0 Å². The molecule has 0 aliphatic heterocycles. The molecule has 15 unspecified atom stereocenters. The summed E-state index contributed by atoms with van der Waals surface area (Å²) in [6.45, 7) is 0. The molecule has 0 amide bonds. The number of hydrogen-bond donors (Lipinski definition) is 0. The predicted molar refractivity (Wildman–Crippen MR) is 245 cm³/mol. The molecule has 0 N–H and O–H groups in total. The fourth-order valence-corrected chi connectivity index (χ4v) is 18.0. The first-order chi connectivity index (χ1) is 29.3. The van der Waals surface area contributed by atoms with Crippen LogP contribution in [-0.2, 0) is 0 Å². The molecule has 2 nitrogen and oxygen atoms in total. The third-order valence-electron chi connectivity index (χ3n) is 20.0. The van der Waals surface area contributed by atoms with Crippen LogP contribution in [0.3, 0.4) is 0 Å². The van der Waals surface area contributed by atoms with E-state index in [9.17, 15) is 0 Å². The summed E-state index contributed by atoms with van der Waals surface area (Å²) in [7, 11) is 0. The molecule has 5 saturated carbocycles. The van der Waals surface area contributed by atoms with Crippen molar-refractivity contribution in [2.75, 3.05) is 0 Å². The molecular formula is C57H76N2. The van der Waals surface area contributed by atoms with Crippen LogP contribution in [0.25, 0.3) is 0 Å². The summed E-state index contributed by atoms with van der Waals surface area (Å²) in [6, 6.07) is 2.54. The van der Waals surface area contributed by atoms with E-state index < -0.39 is 0 Å². The van der Waals surface area contributed by atoms with Crippen LogP contribution in [0.1, 0.15) is 141 Å². The maximum atomic E-state index is 3.14. The molecule has 16 atom stereocenters. The Morgan fingerprint density at radius 3 is 2.15 bits per heavy atom. The molecule has 314 valence electrons. The summed E-state index contributed by atoms with van der Waals surface area (Å²) in [5.41, 5.74) is 3.84. The molecule has 59 heavy (non-hydrogen) atoms. The molecule has 12 aliphatic rings. The number of hydrogen-bond acceptors (Lipinski definition) is 2. The molecule has 0 bridgehead atoms. The zero-order valence-corrected chi connectivity index (χ0v) is 36.4. The summed E-state index contributed by atoms with van der Waals surface area (Å²) in [4.78, 5) is 6.26. The molecule has 1 spiro atoms. The minimum atomic E-state index is 0.268. The molecule has 5 fully saturated rings. The van der Waals surface area contributed by atoms with Gasteiger partial charge in [-0.1, -0.05) is 136 Å². The molecule has 0 aromatic rings. The topological polar surface area (TPSA) is 6.48 Å². The van der Waals surface area contributed by atoms with Gasteiger partial charge in [0, 0.05) is 41.5 Å². The molecule has 12 aliphatic carbocycles.